The third-order valence-electron chi connectivity index (χ3n) is 4.01. The summed E-state index contributed by atoms with van der Waals surface area (Å²) in [5, 5.41) is 0.730. The Labute approximate surface area is 137 Å². The van der Waals surface area contributed by atoms with Gasteiger partial charge in [0.2, 0.25) is 5.91 Å². The molecule has 122 valence electrons. The normalized spacial score (nSPS) is 20.8. The van der Waals surface area contributed by atoms with E-state index in [4.69, 9.17) is 11.6 Å². The Hall–Kier alpha value is -1.07. The van der Waals surface area contributed by atoms with Gasteiger partial charge in [-0.3, -0.25) is 4.79 Å². The summed E-state index contributed by atoms with van der Waals surface area (Å²) in [7, 11) is -2.97. The Morgan fingerprint density at radius 2 is 1.95 bits per heavy atom. The van der Waals surface area contributed by atoms with Crippen LogP contribution in [0.5, 0.6) is 0 Å². The molecule has 1 fully saturated rings. The number of hydrogen-bond donors (Lipinski definition) is 0. The molecule has 0 spiro atoms. The summed E-state index contributed by atoms with van der Waals surface area (Å²) in [5.74, 6) is 0.246. The first kappa shape index (κ1) is 17.3. The van der Waals surface area contributed by atoms with Crippen molar-refractivity contribution in [2.75, 3.05) is 18.1 Å². The van der Waals surface area contributed by atoms with Crippen molar-refractivity contribution in [1.29, 1.82) is 0 Å². The van der Waals surface area contributed by atoms with E-state index in [1.807, 2.05) is 31.2 Å². The Bertz CT molecular complexity index is 613. The molecule has 0 aromatic heterocycles. The van der Waals surface area contributed by atoms with Gasteiger partial charge in [0.25, 0.3) is 0 Å². The molecule has 1 saturated heterocycles. The van der Waals surface area contributed by atoms with Crippen LogP contribution in [0.4, 0.5) is 0 Å². The number of aryl methyl sites for hydroxylation is 1. The maximum atomic E-state index is 12.2. The average Bonchev–Trinajstić information content (AvgIpc) is 2.44. The third kappa shape index (κ3) is 4.99. The van der Waals surface area contributed by atoms with Gasteiger partial charge in [-0.05, 0) is 43.9 Å². The van der Waals surface area contributed by atoms with E-state index >= 15 is 0 Å². The molecule has 1 aliphatic rings. The Morgan fingerprint density at radius 3 is 2.59 bits per heavy atom. The van der Waals surface area contributed by atoms with Crippen LogP contribution in [0.2, 0.25) is 5.02 Å². The second-order valence-electron chi connectivity index (χ2n) is 5.88. The van der Waals surface area contributed by atoms with Crippen molar-refractivity contribution in [2.45, 2.75) is 38.6 Å². The fourth-order valence-electron chi connectivity index (χ4n) is 2.77. The van der Waals surface area contributed by atoms with E-state index < -0.39 is 9.84 Å². The Morgan fingerprint density at radius 1 is 1.27 bits per heavy atom. The van der Waals surface area contributed by atoms with Crippen LogP contribution in [0, 0.1) is 0 Å². The fraction of sp³-hybridized carbons (Fsp3) is 0.562. The van der Waals surface area contributed by atoms with Gasteiger partial charge in [-0.1, -0.05) is 23.7 Å². The molecular formula is C16H22ClNO3S. The average molecular weight is 344 g/mol. The smallest absolute Gasteiger partial charge is 0.222 e. The Kier molecular flexibility index (Phi) is 5.87. The van der Waals surface area contributed by atoms with Crippen LogP contribution >= 0.6 is 11.6 Å². The lowest BCUT2D eigenvalue weighted by atomic mass is 10.1. The first-order valence-electron chi connectivity index (χ1n) is 7.62. The summed E-state index contributed by atoms with van der Waals surface area (Å²) in [5.41, 5.74) is 1.22. The molecule has 1 atom stereocenters. The molecule has 1 aromatic carbocycles. The molecule has 1 heterocycles. The summed E-state index contributed by atoms with van der Waals surface area (Å²) in [6.07, 6.45) is 3.16. The SMILES string of the molecule is CC1CS(=O)(=O)CCN1C(=O)CCCCc1ccc(Cl)cc1. The van der Waals surface area contributed by atoms with Crippen LogP contribution < -0.4 is 0 Å². The number of sulfone groups is 1. The predicted octanol–water partition coefficient (Wildman–Crippen LogP) is 2.70. The number of carbonyl (C=O) groups is 1. The summed E-state index contributed by atoms with van der Waals surface area (Å²) in [6, 6.07) is 7.54. The number of unbranched alkanes of at least 4 members (excludes halogenated alkanes) is 1. The van der Waals surface area contributed by atoms with Crippen molar-refractivity contribution < 1.29 is 13.2 Å². The minimum absolute atomic E-state index is 0.0681. The monoisotopic (exact) mass is 343 g/mol. The largest absolute Gasteiger partial charge is 0.338 e. The van der Waals surface area contributed by atoms with Crippen molar-refractivity contribution in [2.24, 2.45) is 0 Å². The van der Waals surface area contributed by atoms with Crippen molar-refractivity contribution in [3.63, 3.8) is 0 Å². The molecule has 2 rings (SSSR count). The second kappa shape index (κ2) is 7.47. The highest BCUT2D eigenvalue weighted by molar-refractivity contribution is 7.91. The Balaban J connectivity index is 1.73. The van der Waals surface area contributed by atoms with Crippen molar-refractivity contribution >= 4 is 27.3 Å². The summed E-state index contributed by atoms with van der Waals surface area (Å²) in [6.45, 7) is 2.14. The van der Waals surface area contributed by atoms with E-state index in [9.17, 15) is 13.2 Å². The minimum Gasteiger partial charge on any atom is -0.338 e. The van der Waals surface area contributed by atoms with Crippen LogP contribution in [-0.2, 0) is 21.1 Å². The fourth-order valence-corrected chi connectivity index (χ4v) is 4.45. The quantitative estimate of drug-likeness (QED) is 0.772. The molecule has 0 N–H and O–H groups in total. The molecule has 0 saturated carbocycles. The van der Waals surface area contributed by atoms with Crippen LogP contribution in [0.3, 0.4) is 0 Å². The van der Waals surface area contributed by atoms with Crippen molar-refractivity contribution in [3.8, 4) is 0 Å². The van der Waals surface area contributed by atoms with Crippen molar-refractivity contribution in [3.05, 3.63) is 34.9 Å². The maximum absolute atomic E-state index is 12.2. The van der Waals surface area contributed by atoms with Gasteiger partial charge in [0.15, 0.2) is 9.84 Å². The molecule has 0 aliphatic carbocycles. The maximum Gasteiger partial charge on any atom is 0.222 e. The van der Waals surface area contributed by atoms with E-state index in [0.29, 0.717) is 13.0 Å². The number of halogens is 1. The summed E-state index contributed by atoms with van der Waals surface area (Å²) >= 11 is 5.84. The lowest BCUT2D eigenvalue weighted by molar-refractivity contribution is -0.132. The first-order valence-corrected chi connectivity index (χ1v) is 9.82. The van der Waals surface area contributed by atoms with Gasteiger partial charge < -0.3 is 4.90 Å². The van der Waals surface area contributed by atoms with Crippen molar-refractivity contribution in [1.82, 2.24) is 4.90 Å². The van der Waals surface area contributed by atoms with Gasteiger partial charge in [-0.15, -0.1) is 0 Å². The zero-order chi connectivity index (χ0) is 16.2. The van der Waals surface area contributed by atoms with Gasteiger partial charge in [0.05, 0.1) is 11.5 Å². The second-order valence-corrected chi connectivity index (χ2v) is 8.55. The number of nitrogens with zero attached hydrogens (tertiary/aromatic N) is 1. The highest BCUT2D eigenvalue weighted by atomic mass is 35.5. The molecule has 1 unspecified atom stereocenters. The lowest BCUT2D eigenvalue weighted by Crippen LogP contribution is -2.49. The van der Waals surface area contributed by atoms with Crippen LogP contribution in [0.15, 0.2) is 24.3 Å². The van der Waals surface area contributed by atoms with E-state index in [-0.39, 0.29) is 23.5 Å². The molecule has 0 bridgehead atoms. The standard InChI is InChI=1S/C16H22ClNO3S/c1-13-12-22(20,21)11-10-18(13)16(19)5-3-2-4-14-6-8-15(17)9-7-14/h6-9,13H,2-5,10-12H2,1H3. The van der Waals surface area contributed by atoms with Gasteiger partial charge in [-0.2, -0.15) is 0 Å². The zero-order valence-electron chi connectivity index (χ0n) is 12.8. The number of benzene rings is 1. The molecule has 1 aliphatic heterocycles. The number of amides is 1. The van der Waals surface area contributed by atoms with Gasteiger partial charge >= 0.3 is 0 Å². The third-order valence-corrected chi connectivity index (χ3v) is 6.06. The molecular weight excluding hydrogens is 322 g/mol. The molecule has 1 amide bonds. The highest BCUT2D eigenvalue weighted by Gasteiger charge is 2.30. The zero-order valence-corrected chi connectivity index (χ0v) is 14.4. The minimum atomic E-state index is -2.97. The number of hydrogen-bond acceptors (Lipinski definition) is 3. The van der Waals surface area contributed by atoms with E-state index in [1.54, 1.807) is 4.90 Å². The predicted molar refractivity (Wildman–Crippen MR) is 88.8 cm³/mol. The molecule has 1 aromatic rings. The van der Waals surface area contributed by atoms with Crippen LogP contribution in [-0.4, -0.2) is 43.3 Å². The molecule has 22 heavy (non-hydrogen) atoms. The summed E-state index contributed by atoms with van der Waals surface area (Å²) < 4.78 is 23.0. The molecule has 0 radical (unpaired) electrons. The van der Waals surface area contributed by atoms with Gasteiger partial charge in [0.1, 0.15) is 0 Å². The van der Waals surface area contributed by atoms with E-state index in [2.05, 4.69) is 0 Å². The number of carbonyl (C=O) groups excluding carboxylic acids is 1. The first-order chi connectivity index (χ1) is 10.4. The molecule has 6 heteroatoms. The van der Waals surface area contributed by atoms with Gasteiger partial charge in [0, 0.05) is 24.0 Å². The topological polar surface area (TPSA) is 54.5 Å². The van der Waals surface area contributed by atoms with Crippen LogP contribution in [0.25, 0.3) is 0 Å². The van der Waals surface area contributed by atoms with E-state index in [0.717, 1.165) is 24.3 Å². The lowest BCUT2D eigenvalue weighted by Gasteiger charge is -2.33. The highest BCUT2D eigenvalue weighted by Crippen LogP contribution is 2.15. The van der Waals surface area contributed by atoms with E-state index in [1.165, 1.54) is 5.56 Å². The summed E-state index contributed by atoms with van der Waals surface area (Å²) in [4.78, 5) is 13.9. The number of rotatable bonds is 5. The molecule has 4 nitrogen and oxygen atoms in total. The van der Waals surface area contributed by atoms with Crippen LogP contribution in [0.1, 0.15) is 31.7 Å². The van der Waals surface area contributed by atoms with Gasteiger partial charge in [-0.25, -0.2) is 8.42 Å².